The molecule has 4 aromatic rings. The van der Waals surface area contributed by atoms with Crippen LogP contribution in [0.4, 0.5) is 0 Å². The number of rotatable bonds is 11. The fourth-order valence-electron chi connectivity index (χ4n) is 4.47. The van der Waals surface area contributed by atoms with Crippen molar-refractivity contribution in [3.63, 3.8) is 0 Å². The number of benzene rings is 3. The Hall–Kier alpha value is -3.82. The number of hydrogen-bond acceptors (Lipinski definition) is 6. The minimum atomic E-state index is -0.825. The van der Waals surface area contributed by atoms with Crippen molar-refractivity contribution in [2.45, 2.75) is 44.4 Å². The van der Waals surface area contributed by atoms with Gasteiger partial charge in [0, 0.05) is 12.3 Å². The Kier molecular flexibility index (Phi) is 8.57. The van der Waals surface area contributed by atoms with Gasteiger partial charge in [0.2, 0.25) is 0 Å². The predicted octanol–water partition coefficient (Wildman–Crippen LogP) is 3.82. The molecule has 5 rings (SSSR count). The van der Waals surface area contributed by atoms with E-state index in [2.05, 4.69) is 4.98 Å². The van der Waals surface area contributed by atoms with Gasteiger partial charge in [-0.2, -0.15) is 0 Å². The summed E-state index contributed by atoms with van der Waals surface area (Å²) in [4.78, 5) is 26.8. The molecule has 38 heavy (non-hydrogen) atoms. The van der Waals surface area contributed by atoms with Crippen LogP contribution in [-0.2, 0) is 38.8 Å². The van der Waals surface area contributed by atoms with Crippen LogP contribution < -0.4 is 11.2 Å². The SMILES string of the molecule is O=c1cc[15n]([C@@H]2O[C@H](COCc3ccccc3)[C@@H](OCc3ccccc3)[C@H]2OCc2ccccc2)c(=[17O])[15nH]1. The first kappa shape index (κ1) is 25.8. The number of aromatic amines is 1. The van der Waals surface area contributed by atoms with Crippen LogP contribution >= 0.6 is 0 Å². The summed E-state index contributed by atoms with van der Waals surface area (Å²) in [5.41, 5.74) is 1.96. The summed E-state index contributed by atoms with van der Waals surface area (Å²) in [6.45, 7) is 1.27. The second-order valence-electron chi connectivity index (χ2n) is 9.11. The third-order valence-electron chi connectivity index (χ3n) is 6.38. The molecule has 2 heterocycles. The highest BCUT2D eigenvalue weighted by molar-refractivity contribution is 5.15. The number of H-pyrrole nitrogens is 1. The third kappa shape index (κ3) is 6.54. The monoisotopic (exact) mass is 517 g/mol. The van der Waals surface area contributed by atoms with Gasteiger partial charge in [0.15, 0.2) is 6.23 Å². The van der Waals surface area contributed by atoms with Gasteiger partial charge < -0.3 is 18.9 Å². The Balaban J connectivity index is 1.41. The van der Waals surface area contributed by atoms with Crippen molar-refractivity contribution in [2.75, 3.05) is 6.61 Å². The maximum absolute atomic E-state index is 12.7. The summed E-state index contributed by atoms with van der Waals surface area (Å²) in [7, 11) is 0. The van der Waals surface area contributed by atoms with Gasteiger partial charge in [-0.3, -0.25) is 14.3 Å². The molecule has 1 aliphatic rings. The zero-order valence-electron chi connectivity index (χ0n) is 20.8. The van der Waals surface area contributed by atoms with E-state index in [0.29, 0.717) is 19.8 Å². The van der Waals surface area contributed by atoms with E-state index in [0.717, 1.165) is 16.7 Å². The highest BCUT2D eigenvalue weighted by Gasteiger charge is 2.47. The van der Waals surface area contributed by atoms with E-state index in [1.165, 1.54) is 16.8 Å². The zero-order valence-corrected chi connectivity index (χ0v) is 20.8. The normalized spacial score (nSPS) is 20.9. The van der Waals surface area contributed by atoms with E-state index in [4.69, 9.17) is 18.9 Å². The Bertz CT molecular complexity index is 1390. The minimum absolute atomic E-state index is 0.230. The van der Waals surface area contributed by atoms with Gasteiger partial charge in [-0.05, 0) is 16.7 Å². The predicted molar refractivity (Wildman–Crippen MR) is 141 cm³/mol. The van der Waals surface area contributed by atoms with Gasteiger partial charge in [-0.1, -0.05) is 91.0 Å². The average molecular weight is 518 g/mol. The zero-order chi connectivity index (χ0) is 26.2. The highest BCUT2D eigenvalue weighted by Crippen LogP contribution is 2.34. The molecule has 4 atom stereocenters. The van der Waals surface area contributed by atoms with E-state index in [9.17, 15) is 9.59 Å². The van der Waals surface area contributed by atoms with Crippen LogP contribution in [0.1, 0.15) is 22.9 Å². The van der Waals surface area contributed by atoms with Crippen molar-refractivity contribution in [1.82, 2.24) is 9.55 Å². The van der Waals surface area contributed by atoms with Gasteiger partial charge >= 0.3 is 5.69 Å². The molecule has 0 amide bonds. The van der Waals surface area contributed by atoms with Crippen LogP contribution in [0.25, 0.3) is 0 Å². The van der Waals surface area contributed by atoms with E-state index in [-0.39, 0.29) is 6.61 Å². The average Bonchev–Trinajstić information content (AvgIpc) is 3.29. The minimum Gasteiger partial charge on any atom is -0.374 e. The van der Waals surface area contributed by atoms with Gasteiger partial charge in [0.25, 0.3) is 5.56 Å². The number of nitrogens with zero attached hydrogens (tertiary/aromatic N) is 1. The fraction of sp³-hybridized carbons (Fsp3) is 0.267. The fourth-order valence-corrected chi connectivity index (χ4v) is 4.47. The van der Waals surface area contributed by atoms with E-state index >= 15 is 0 Å². The quantitative estimate of drug-likeness (QED) is 0.325. The van der Waals surface area contributed by atoms with Crippen molar-refractivity contribution >= 4 is 0 Å². The summed E-state index contributed by atoms with van der Waals surface area (Å²) in [6, 6.07) is 30.8. The molecule has 0 aliphatic carbocycles. The molecule has 0 bridgehead atoms. The lowest BCUT2D eigenvalue weighted by atomic mass is 10.1. The molecule has 1 N–H and O–H groups in total. The molecule has 8 heteroatoms. The molecule has 0 spiro atoms. The first-order valence-corrected chi connectivity index (χ1v) is 12.6. The molecule has 0 radical (unpaired) electrons. The second kappa shape index (κ2) is 12.6. The van der Waals surface area contributed by atoms with Crippen LogP contribution in [0.3, 0.4) is 0 Å². The summed E-state index contributed by atoms with van der Waals surface area (Å²) in [5, 5.41) is 0. The molecule has 3 aromatic carbocycles. The maximum atomic E-state index is 12.7. The van der Waals surface area contributed by atoms with Crippen molar-refractivity contribution in [3.05, 3.63) is 141 Å². The number of nitrogens with one attached hydrogen (secondary N) is 1. The summed E-state index contributed by atoms with van der Waals surface area (Å²) in [5.74, 6) is 0. The lowest BCUT2D eigenvalue weighted by Crippen LogP contribution is -2.40. The van der Waals surface area contributed by atoms with Crippen molar-refractivity contribution in [2.24, 2.45) is 0 Å². The Morgan fingerprint density at radius 1 is 0.737 bits per heavy atom. The molecular weight excluding hydrogens is 487 g/mol. The Labute approximate surface area is 220 Å². The summed E-state index contributed by atoms with van der Waals surface area (Å²) < 4.78 is 26.5. The van der Waals surface area contributed by atoms with Gasteiger partial charge in [0.1, 0.15) is 18.3 Å². The summed E-state index contributed by atoms with van der Waals surface area (Å²) in [6.07, 6.45) is -1.11. The number of ether oxygens (including phenoxy) is 4. The third-order valence-corrected chi connectivity index (χ3v) is 6.38. The largest absolute Gasteiger partial charge is 0.374 e. The molecule has 0 saturated carbocycles. The molecule has 0 unspecified atom stereocenters. The highest BCUT2D eigenvalue weighted by atomic mass is 17.1. The molecular formula is C30H30N2O6. The van der Waals surface area contributed by atoms with Crippen molar-refractivity contribution < 1.29 is 18.9 Å². The molecule has 1 saturated heterocycles. The molecule has 8 nitrogen and oxygen atoms in total. The lowest BCUT2D eigenvalue weighted by molar-refractivity contribution is -0.0921. The van der Waals surface area contributed by atoms with Crippen LogP contribution in [0.5, 0.6) is 0 Å². The van der Waals surface area contributed by atoms with E-state index in [1.807, 2.05) is 91.0 Å². The Morgan fingerprint density at radius 2 is 1.26 bits per heavy atom. The van der Waals surface area contributed by atoms with Gasteiger partial charge in [-0.15, -0.1) is 0 Å². The number of hydrogen-bond donors (Lipinski definition) is 1. The molecule has 1 aliphatic heterocycles. The van der Waals surface area contributed by atoms with Crippen LogP contribution in [-0.4, -0.2) is 34.5 Å². The van der Waals surface area contributed by atoms with Crippen LogP contribution in [0, 0.1) is 0 Å². The summed E-state index contributed by atoms with van der Waals surface area (Å²) >= 11 is 0. The van der Waals surface area contributed by atoms with E-state index < -0.39 is 35.8 Å². The van der Waals surface area contributed by atoms with Crippen LogP contribution in [0.15, 0.2) is 113 Å². The van der Waals surface area contributed by atoms with Crippen molar-refractivity contribution in [3.8, 4) is 0 Å². The van der Waals surface area contributed by atoms with Gasteiger partial charge in [0.05, 0.1) is 26.4 Å². The first-order chi connectivity index (χ1) is 18.7. The van der Waals surface area contributed by atoms with Gasteiger partial charge in [-0.25, -0.2) is 4.79 Å². The molecule has 1 aromatic heterocycles. The molecule has 196 valence electrons. The lowest BCUT2D eigenvalue weighted by Gasteiger charge is -2.25. The van der Waals surface area contributed by atoms with E-state index in [1.54, 1.807) is 0 Å². The van der Waals surface area contributed by atoms with Crippen molar-refractivity contribution in [1.29, 1.82) is 0 Å². The smallest absolute Gasteiger partial charge is 0.330 e. The second-order valence-corrected chi connectivity index (χ2v) is 9.11. The topological polar surface area (TPSA) is 91.8 Å². The number of aromatic nitrogens is 2. The maximum Gasteiger partial charge on any atom is 0.330 e. The standard InChI is InChI=1S/C30H30N2O6/c33-26-16-17-32(30(34)31-26)29-28(37-20-24-14-8-3-9-15-24)27(36-19-23-12-6-2-7-13-23)25(38-29)21-35-18-22-10-4-1-5-11-22/h1-17,25,27-29H,18-21H2,(H,31,33,34)/t25-,27-,28-,29-/m1/s1/i31+1,32+1,34+1. The van der Waals surface area contributed by atoms with Crippen LogP contribution in [0.2, 0.25) is 0 Å². The Morgan fingerprint density at radius 3 is 1.82 bits per heavy atom. The molecule has 1 fully saturated rings. The first-order valence-electron chi connectivity index (χ1n) is 12.6.